The van der Waals surface area contributed by atoms with Gasteiger partial charge in [-0.25, -0.2) is 0 Å². The van der Waals surface area contributed by atoms with Gasteiger partial charge in [-0.2, -0.15) is 0 Å². The van der Waals surface area contributed by atoms with Crippen molar-refractivity contribution >= 4 is 5.97 Å². The van der Waals surface area contributed by atoms with Crippen LogP contribution in [-0.4, -0.2) is 73.7 Å². The lowest BCUT2D eigenvalue weighted by atomic mass is 9.97. The van der Waals surface area contributed by atoms with Gasteiger partial charge in [0.05, 0.1) is 7.11 Å². The minimum absolute atomic E-state index is 0.0980. The van der Waals surface area contributed by atoms with Gasteiger partial charge in [0.25, 0.3) is 0 Å². The van der Waals surface area contributed by atoms with Gasteiger partial charge in [0.1, 0.15) is 5.54 Å². The van der Waals surface area contributed by atoms with E-state index in [1.54, 1.807) is 0 Å². The zero-order chi connectivity index (χ0) is 14.2. The number of likely N-dealkylation sites (N-methyl/N-ethyl adjacent to an activating group) is 1. The highest BCUT2D eigenvalue weighted by atomic mass is 16.5. The topological polar surface area (TPSA) is 44.8 Å². The van der Waals surface area contributed by atoms with Gasteiger partial charge >= 0.3 is 5.97 Å². The van der Waals surface area contributed by atoms with Crippen molar-refractivity contribution in [2.75, 3.05) is 40.3 Å². The number of ether oxygens (including phenoxy) is 1. The van der Waals surface area contributed by atoms with Gasteiger partial charge in [0.2, 0.25) is 0 Å². The third-order valence-electron chi connectivity index (χ3n) is 5.47. The smallest absolute Gasteiger partial charge is 0.326 e. The summed E-state index contributed by atoms with van der Waals surface area (Å²) in [6.07, 6.45) is 5.67. The van der Waals surface area contributed by atoms with E-state index in [0.717, 1.165) is 38.4 Å². The average Bonchev–Trinajstić information content (AvgIpc) is 3.26. The van der Waals surface area contributed by atoms with Crippen LogP contribution in [0.15, 0.2) is 0 Å². The molecule has 0 amide bonds. The molecule has 0 radical (unpaired) electrons. The van der Waals surface area contributed by atoms with E-state index in [9.17, 15) is 4.79 Å². The maximum atomic E-state index is 12.0. The molecule has 2 atom stereocenters. The molecule has 0 aromatic heterocycles. The number of nitrogens with one attached hydrogen (secondary N) is 1. The standard InChI is InChI=1S/C15H27N3O2/c1-16-15(14(19)20-2)6-5-13(11-15)18-9-7-17(8-10-18)12-3-4-12/h12-13,16H,3-11H2,1-2H3. The maximum Gasteiger partial charge on any atom is 0.326 e. The van der Waals surface area contributed by atoms with Crippen LogP contribution in [-0.2, 0) is 9.53 Å². The summed E-state index contributed by atoms with van der Waals surface area (Å²) in [6, 6.07) is 1.41. The molecule has 0 aromatic carbocycles. The van der Waals surface area contributed by atoms with E-state index in [2.05, 4.69) is 15.1 Å². The molecule has 0 aromatic rings. The first-order valence-electron chi connectivity index (χ1n) is 7.94. The average molecular weight is 281 g/mol. The number of hydrogen-bond donors (Lipinski definition) is 1. The van der Waals surface area contributed by atoms with Crippen LogP contribution in [0.25, 0.3) is 0 Å². The van der Waals surface area contributed by atoms with E-state index in [1.807, 2.05) is 7.05 Å². The molecule has 1 heterocycles. The Bertz CT molecular complexity index is 364. The molecule has 2 saturated carbocycles. The molecule has 20 heavy (non-hydrogen) atoms. The molecule has 5 nitrogen and oxygen atoms in total. The Kier molecular flexibility index (Phi) is 4.02. The summed E-state index contributed by atoms with van der Waals surface area (Å²) >= 11 is 0. The molecule has 2 aliphatic carbocycles. The van der Waals surface area contributed by atoms with Gasteiger partial charge in [-0.1, -0.05) is 0 Å². The Hall–Kier alpha value is -0.650. The monoisotopic (exact) mass is 281 g/mol. The van der Waals surface area contributed by atoms with Crippen molar-refractivity contribution in [2.24, 2.45) is 0 Å². The van der Waals surface area contributed by atoms with E-state index < -0.39 is 5.54 Å². The minimum Gasteiger partial charge on any atom is -0.468 e. The van der Waals surface area contributed by atoms with Crippen molar-refractivity contribution in [3.8, 4) is 0 Å². The molecule has 5 heteroatoms. The Morgan fingerprint density at radius 3 is 2.20 bits per heavy atom. The quantitative estimate of drug-likeness (QED) is 0.758. The Labute approximate surface area is 121 Å². The van der Waals surface area contributed by atoms with Crippen molar-refractivity contribution in [1.82, 2.24) is 15.1 Å². The van der Waals surface area contributed by atoms with Crippen molar-refractivity contribution in [3.05, 3.63) is 0 Å². The van der Waals surface area contributed by atoms with Crippen LogP contribution in [0, 0.1) is 0 Å². The van der Waals surface area contributed by atoms with Crippen molar-refractivity contribution in [3.63, 3.8) is 0 Å². The van der Waals surface area contributed by atoms with Gasteiger partial charge in [-0.15, -0.1) is 0 Å². The van der Waals surface area contributed by atoms with Gasteiger partial charge in [-0.3, -0.25) is 14.6 Å². The maximum absolute atomic E-state index is 12.0. The summed E-state index contributed by atoms with van der Waals surface area (Å²) in [7, 11) is 3.37. The molecular weight excluding hydrogens is 254 g/mol. The predicted octanol–water partition coefficient (Wildman–Crippen LogP) is 0.450. The van der Waals surface area contributed by atoms with Crippen molar-refractivity contribution < 1.29 is 9.53 Å². The minimum atomic E-state index is -0.451. The Balaban J connectivity index is 1.55. The molecule has 2 unspecified atom stereocenters. The normalized spacial score (nSPS) is 36.2. The van der Waals surface area contributed by atoms with E-state index in [1.165, 1.54) is 33.0 Å². The number of nitrogens with zero attached hydrogens (tertiary/aromatic N) is 2. The number of piperazine rings is 1. The van der Waals surface area contributed by atoms with E-state index in [0.29, 0.717) is 6.04 Å². The summed E-state index contributed by atoms with van der Waals surface area (Å²) in [6.45, 7) is 4.71. The third kappa shape index (κ3) is 2.59. The molecule has 1 aliphatic heterocycles. The van der Waals surface area contributed by atoms with Crippen LogP contribution < -0.4 is 5.32 Å². The summed E-state index contributed by atoms with van der Waals surface area (Å²) in [5.74, 6) is -0.0980. The van der Waals surface area contributed by atoms with Gasteiger partial charge in [0, 0.05) is 38.3 Å². The second kappa shape index (κ2) is 5.62. The highest BCUT2D eigenvalue weighted by Crippen LogP contribution is 2.35. The fourth-order valence-corrected chi connectivity index (χ4v) is 3.95. The zero-order valence-corrected chi connectivity index (χ0v) is 12.7. The molecular formula is C15H27N3O2. The lowest BCUT2D eigenvalue weighted by molar-refractivity contribution is -0.148. The largest absolute Gasteiger partial charge is 0.468 e. The van der Waals surface area contributed by atoms with Crippen molar-refractivity contribution in [2.45, 2.75) is 49.7 Å². The first-order valence-corrected chi connectivity index (χ1v) is 7.94. The molecule has 3 rings (SSSR count). The first-order chi connectivity index (χ1) is 9.68. The van der Waals surface area contributed by atoms with Crippen LogP contribution in [0.5, 0.6) is 0 Å². The second-order valence-corrected chi connectivity index (χ2v) is 6.52. The summed E-state index contributed by atoms with van der Waals surface area (Å²) in [5, 5.41) is 3.22. The van der Waals surface area contributed by atoms with Crippen LogP contribution in [0.2, 0.25) is 0 Å². The molecule has 114 valence electrons. The predicted molar refractivity (Wildman–Crippen MR) is 77.6 cm³/mol. The second-order valence-electron chi connectivity index (χ2n) is 6.52. The summed E-state index contributed by atoms with van der Waals surface area (Å²) in [5.41, 5.74) is -0.451. The molecule has 1 saturated heterocycles. The Morgan fingerprint density at radius 1 is 1.10 bits per heavy atom. The molecule has 0 bridgehead atoms. The number of hydrogen-bond acceptors (Lipinski definition) is 5. The van der Waals surface area contributed by atoms with E-state index in [-0.39, 0.29) is 5.97 Å². The SMILES string of the molecule is CNC1(C(=O)OC)CCC(N2CCN(C3CC3)CC2)C1. The van der Waals surface area contributed by atoms with E-state index in [4.69, 9.17) is 4.74 Å². The van der Waals surface area contributed by atoms with Gasteiger partial charge in [0.15, 0.2) is 0 Å². The fraction of sp³-hybridized carbons (Fsp3) is 0.933. The van der Waals surface area contributed by atoms with E-state index >= 15 is 0 Å². The highest BCUT2D eigenvalue weighted by Gasteiger charge is 2.47. The number of carbonyl (C=O) groups excluding carboxylic acids is 1. The number of carbonyl (C=O) groups is 1. The first kappa shape index (κ1) is 14.3. The van der Waals surface area contributed by atoms with Crippen LogP contribution >= 0.6 is 0 Å². The fourth-order valence-electron chi connectivity index (χ4n) is 3.95. The molecule has 3 aliphatic rings. The van der Waals surface area contributed by atoms with Crippen LogP contribution in [0.1, 0.15) is 32.1 Å². The van der Waals surface area contributed by atoms with Crippen LogP contribution in [0.4, 0.5) is 0 Å². The third-order valence-corrected chi connectivity index (χ3v) is 5.47. The van der Waals surface area contributed by atoms with Crippen molar-refractivity contribution in [1.29, 1.82) is 0 Å². The number of rotatable bonds is 4. The summed E-state index contributed by atoms with van der Waals surface area (Å²) in [4.78, 5) is 17.3. The van der Waals surface area contributed by atoms with Crippen LogP contribution in [0.3, 0.4) is 0 Å². The van der Waals surface area contributed by atoms with Gasteiger partial charge in [-0.05, 0) is 39.2 Å². The lowest BCUT2D eigenvalue weighted by Gasteiger charge is -2.38. The number of methoxy groups -OCH3 is 1. The van der Waals surface area contributed by atoms with Gasteiger partial charge < -0.3 is 10.1 Å². The molecule has 1 N–H and O–H groups in total. The molecule has 0 spiro atoms. The molecule has 3 fully saturated rings. The summed E-state index contributed by atoms with van der Waals surface area (Å²) < 4.78 is 4.99. The Morgan fingerprint density at radius 2 is 1.70 bits per heavy atom. The lowest BCUT2D eigenvalue weighted by Crippen LogP contribution is -2.53. The zero-order valence-electron chi connectivity index (χ0n) is 12.7. The highest BCUT2D eigenvalue weighted by molar-refractivity contribution is 5.81. The number of esters is 1.